The number of furan rings is 1. The van der Waals surface area contributed by atoms with E-state index in [1.165, 1.54) is 6.26 Å². The van der Waals surface area contributed by atoms with Gasteiger partial charge in [0.15, 0.2) is 0 Å². The highest BCUT2D eigenvalue weighted by atomic mass is 35.5. The first-order valence-corrected chi connectivity index (χ1v) is 6.35. The predicted molar refractivity (Wildman–Crippen MR) is 83.7 cm³/mol. The lowest BCUT2D eigenvalue weighted by atomic mass is 10.0. The lowest BCUT2D eigenvalue weighted by Gasteiger charge is -2.35. The van der Waals surface area contributed by atoms with Gasteiger partial charge in [-0.2, -0.15) is 0 Å². The fraction of sp³-hybridized carbons (Fsp3) is 0.615. The lowest BCUT2D eigenvalue weighted by Crippen LogP contribution is -2.47. The Morgan fingerprint density at radius 2 is 2.20 bits per heavy atom. The van der Waals surface area contributed by atoms with E-state index >= 15 is 0 Å². The molecule has 1 fully saturated rings. The Bertz CT molecular complexity index is 424. The molecule has 0 saturated carbocycles. The number of carbonyl (C=O) groups excluding carboxylic acids is 1. The van der Waals surface area contributed by atoms with Gasteiger partial charge in [0.1, 0.15) is 12.0 Å². The molecule has 1 saturated heterocycles. The molecule has 20 heavy (non-hydrogen) atoms. The molecule has 0 aromatic carbocycles. The van der Waals surface area contributed by atoms with E-state index in [0.717, 1.165) is 25.9 Å². The van der Waals surface area contributed by atoms with Gasteiger partial charge >= 0.3 is 0 Å². The van der Waals surface area contributed by atoms with Crippen molar-refractivity contribution in [3.05, 3.63) is 23.7 Å². The number of carbonyl (C=O) groups is 1. The van der Waals surface area contributed by atoms with Crippen molar-refractivity contribution in [2.75, 3.05) is 27.2 Å². The van der Waals surface area contributed by atoms with Crippen LogP contribution in [0.15, 0.2) is 16.7 Å². The Morgan fingerprint density at radius 1 is 1.50 bits per heavy atom. The van der Waals surface area contributed by atoms with Crippen LogP contribution in [0, 0.1) is 0 Å². The second-order valence-corrected chi connectivity index (χ2v) is 5.02. The fourth-order valence-electron chi connectivity index (χ4n) is 2.34. The quantitative estimate of drug-likeness (QED) is 0.920. The van der Waals surface area contributed by atoms with E-state index in [1.54, 1.807) is 6.07 Å². The average molecular weight is 324 g/mol. The smallest absolute Gasteiger partial charge is 0.257 e. The summed E-state index contributed by atoms with van der Waals surface area (Å²) in [4.78, 5) is 16.4. The number of likely N-dealkylation sites (tertiary alicyclic amines) is 1. The van der Waals surface area contributed by atoms with E-state index in [0.29, 0.717) is 23.9 Å². The fourth-order valence-corrected chi connectivity index (χ4v) is 2.34. The van der Waals surface area contributed by atoms with Crippen molar-refractivity contribution in [1.29, 1.82) is 0 Å². The molecular weight excluding hydrogens is 301 g/mol. The SMILES string of the molecule is CN(C)C1CCCN(C(=O)c2coc(CN)c2)C1.Cl.Cl. The van der Waals surface area contributed by atoms with Crippen LogP contribution in [0.5, 0.6) is 0 Å². The third-order valence-electron chi connectivity index (χ3n) is 3.52. The largest absolute Gasteiger partial charge is 0.467 e. The van der Waals surface area contributed by atoms with Crippen LogP contribution in [0.2, 0.25) is 0 Å². The van der Waals surface area contributed by atoms with E-state index in [9.17, 15) is 4.79 Å². The molecule has 2 heterocycles. The second-order valence-electron chi connectivity index (χ2n) is 5.02. The number of amides is 1. The van der Waals surface area contributed by atoms with Crippen molar-refractivity contribution in [3.63, 3.8) is 0 Å². The zero-order chi connectivity index (χ0) is 13.1. The van der Waals surface area contributed by atoms with E-state index < -0.39 is 0 Å². The lowest BCUT2D eigenvalue weighted by molar-refractivity contribution is 0.0634. The first kappa shape index (κ1) is 19.2. The van der Waals surface area contributed by atoms with Crippen LogP contribution >= 0.6 is 24.8 Å². The zero-order valence-electron chi connectivity index (χ0n) is 11.9. The Balaban J connectivity index is 0.00000180. The molecule has 1 aromatic rings. The highest BCUT2D eigenvalue weighted by molar-refractivity contribution is 5.94. The summed E-state index contributed by atoms with van der Waals surface area (Å²) in [5.41, 5.74) is 6.08. The third kappa shape index (κ3) is 4.38. The molecule has 2 N–H and O–H groups in total. The van der Waals surface area contributed by atoms with Crippen LogP contribution in [0.4, 0.5) is 0 Å². The summed E-state index contributed by atoms with van der Waals surface area (Å²) < 4.78 is 5.22. The maximum Gasteiger partial charge on any atom is 0.257 e. The number of nitrogens with two attached hydrogens (primary N) is 1. The Hall–Kier alpha value is -0.750. The number of halogens is 2. The van der Waals surface area contributed by atoms with Crippen LogP contribution in [0.1, 0.15) is 29.0 Å². The van der Waals surface area contributed by atoms with Gasteiger partial charge in [-0.3, -0.25) is 4.79 Å². The Kier molecular flexibility index (Phi) is 8.20. The van der Waals surface area contributed by atoms with Crippen LogP contribution in [0.25, 0.3) is 0 Å². The van der Waals surface area contributed by atoms with Crippen LogP contribution in [-0.2, 0) is 6.54 Å². The standard InChI is InChI=1S/C13H21N3O2.2ClH/c1-15(2)11-4-3-5-16(8-11)13(17)10-6-12(7-14)18-9-10;;/h6,9,11H,3-5,7-8,14H2,1-2H3;2*1H. The van der Waals surface area contributed by atoms with Gasteiger partial charge in [0.25, 0.3) is 5.91 Å². The zero-order valence-corrected chi connectivity index (χ0v) is 13.5. The number of hydrogen-bond acceptors (Lipinski definition) is 4. The van der Waals surface area contributed by atoms with E-state index in [4.69, 9.17) is 10.2 Å². The first-order chi connectivity index (χ1) is 8.61. The number of nitrogens with zero attached hydrogens (tertiary/aromatic N) is 2. The normalized spacial score (nSPS) is 18.4. The van der Waals surface area contributed by atoms with E-state index in [1.807, 2.05) is 4.90 Å². The molecule has 1 aliphatic heterocycles. The minimum absolute atomic E-state index is 0. The number of hydrogen-bond donors (Lipinski definition) is 1. The van der Waals surface area contributed by atoms with Crippen molar-refractivity contribution in [1.82, 2.24) is 9.80 Å². The van der Waals surface area contributed by atoms with Crippen molar-refractivity contribution in [2.24, 2.45) is 5.73 Å². The molecule has 0 spiro atoms. The Morgan fingerprint density at radius 3 is 2.75 bits per heavy atom. The van der Waals surface area contributed by atoms with Gasteiger partial charge in [0.05, 0.1) is 12.1 Å². The van der Waals surface area contributed by atoms with Crippen LogP contribution in [0.3, 0.4) is 0 Å². The molecule has 1 aromatic heterocycles. The maximum atomic E-state index is 12.3. The maximum absolute atomic E-state index is 12.3. The van der Waals surface area contributed by atoms with Gasteiger partial charge in [-0.25, -0.2) is 0 Å². The van der Waals surface area contributed by atoms with Crippen molar-refractivity contribution < 1.29 is 9.21 Å². The highest BCUT2D eigenvalue weighted by Crippen LogP contribution is 2.17. The molecule has 5 nitrogen and oxygen atoms in total. The molecule has 1 aliphatic rings. The molecule has 2 rings (SSSR count). The summed E-state index contributed by atoms with van der Waals surface area (Å²) in [6, 6.07) is 2.19. The summed E-state index contributed by atoms with van der Waals surface area (Å²) in [5, 5.41) is 0. The highest BCUT2D eigenvalue weighted by Gasteiger charge is 2.26. The number of rotatable bonds is 3. The van der Waals surface area contributed by atoms with Gasteiger partial charge < -0.3 is 20.0 Å². The van der Waals surface area contributed by atoms with Crippen molar-refractivity contribution in [3.8, 4) is 0 Å². The molecule has 1 unspecified atom stereocenters. The molecule has 116 valence electrons. The van der Waals surface area contributed by atoms with E-state index in [-0.39, 0.29) is 30.7 Å². The number of piperidine rings is 1. The molecule has 0 aliphatic carbocycles. The first-order valence-electron chi connectivity index (χ1n) is 6.35. The average Bonchev–Trinajstić information content (AvgIpc) is 2.86. The summed E-state index contributed by atoms with van der Waals surface area (Å²) in [5.74, 6) is 0.699. The minimum atomic E-state index is 0. The van der Waals surface area contributed by atoms with Gasteiger partial charge in [-0.1, -0.05) is 0 Å². The van der Waals surface area contributed by atoms with Gasteiger partial charge in [0, 0.05) is 19.1 Å². The number of likely N-dealkylation sites (N-methyl/N-ethyl adjacent to an activating group) is 1. The minimum Gasteiger partial charge on any atom is -0.467 e. The molecular formula is C13H23Cl2N3O2. The van der Waals surface area contributed by atoms with Gasteiger partial charge in [-0.15, -0.1) is 24.8 Å². The van der Waals surface area contributed by atoms with Gasteiger partial charge in [-0.05, 0) is 33.0 Å². The summed E-state index contributed by atoms with van der Waals surface area (Å²) >= 11 is 0. The van der Waals surface area contributed by atoms with Crippen molar-refractivity contribution >= 4 is 30.7 Å². The third-order valence-corrected chi connectivity index (χ3v) is 3.52. The summed E-state index contributed by atoms with van der Waals surface area (Å²) in [7, 11) is 4.12. The molecule has 0 radical (unpaired) electrons. The topological polar surface area (TPSA) is 62.7 Å². The summed E-state index contributed by atoms with van der Waals surface area (Å²) in [6.07, 6.45) is 3.70. The molecule has 1 amide bonds. The second kappa shape index (κ2) is 8.52. The molecule has 7 heteroatoms. The van der Waals surface area contributed by atoms with Gasteiger partial charge in [0.2, 0.25) is 0 Å². The van der Waals surface area contributed by atoms with Crippen molar-refractivity contribution in [2.45, 2.75) is 25.4 Å². The summed E-state index contributed by atoms with van der Waals surface area (Å²) in [6.45, 7) is 1.94. The molecule has 1 atom stereocenters. The van der Waals surface area contributed by atoms with Crippen LogP contribution in [-0.4, -0.2) is 48.9 Å². The molecule has 0 bridgehead atoms. The monoisotopic (exact) mass is 323 g/mol. The predicted octanol–water partition coefficient (Wildman–Crippen LogP) is 1.75. The van der Waals surface area contributed by atoms with Crippen LogP contribution < -0.4 is 5.73 Å². The van der Waals surface area contributed by atoms with E-state index in [2.05, 4.69) is 19.0 Å². The Labute approximate surface area is 132 Å².